The maximum Gasteiger partial charge on any atom is 0.267 e. The molecule has 0 aliphatic rings. The largest absolute Gasteiger partial charge is 0.321 e. The van der Waals surface area contributed by atoms with E-state index in [-0.39, 0.29) is 5.91 Å². The Morgan fingerprint density at radius 3 is 2.63 bits per heavy atom. The van der Waals surface area contributed by atoms with Gasteiger partial charge >= 0.3 is 0 Å². The predicted molar refractivity (Wildman–Crippen MR) is 80.1 cm³/mol. The molecule has 0 saturated carbocycles. The molecule has 1 heterocycles. The van der Waals surface area contributed by atoms with Gasteiger partial charge in [0.1, 0.15) is 4.88 Å². The lowest BCUT2D eigenvalue weighted by Crippen LogP contribution is -2.14. The highest BCUT2D eigenvalue weighted by Gasteiger charge is 2.15. The lowest BCUT2D eigenvalue weighted by Gasteiger charge is -2.12. The molecule has 1 amide bonds. The van der Waals surface area contributed by atoms with Crippen LogP contribution in [-0.2, 0) is 6.42 Å². The Bertz CT molecular complexity index is 617. The molecule has 19 heavy (non-hydrogen) atoms. The van der Waals surface area contributed by atoms with E-state index in [1.54, 1.807) is 0 Å². The van der Waals surface area contributed by atoms with Gasteiger partial charge in [-0.05, 0) is 38.3 Å². The number of aryl methyl sites for hydroxylation is 4. The molecular weight excluding hydrogens is 256 g/mol. The number of thiazole rings is 1. The molecule has 0 bridgehead atoms. The van der Waals surface area contributed by atoms with Crippen LogP contribution in [-0.4, -0.2) is 10.9 Å². The minimum atomic E-state index is -0.0629. The van der Waals surface area contributed by atoms with Gasteiger partial charge in [-0.15, -0.1) is 11.3 Å². The summed E-state index contributed by atoms with van der Waals surface area (Å²) in [6.45, 7) is 7.89. The van der Waals surface area contributed by atoms with Crippen LogP contribution in [0, 0.1) is 20.8 Å². The summed E-state index contributed by atoms with van der Waals surface area (Å²) in [6, 6.07) is 6.08. The molecule has 0 saturated heterocycles. The molecule has 1 aromatic carbocycles. The molecule has 2 rings (SSSR count). The van der Waals surface area contributed by atoms with Gasteiger partial charge in [0.2, 0.25) is 0 Å². The second kappa shape index (κ2) is 5.53. The summed E-state index contributed by atoms with van der Waals surface area (Å²) >= 11 is 1.44. The molecule has 0 radical (unpaired) electrons. The fraction of sp³-hybridized carbons (Fsp3) is 0.333. The monoisotopic (exact) mass is 274 g/mol. The number of amides is 1. The number of benzene rings is 1. The molecule has 0 spiro atoms. The van der Waals surface area contributed by atoms with Crippen molar-refractivity contribution in [3.63, 3.8) is 0 Å². The molecule has 4 heteroatoms. The Morgan fingerprint density at radius 2 is 2.05 bits per heavy atom. The number of hydrogen-bond donors (Lipinski definition) is 1. The van der Waals surface area contributed by atoms with Gasteiger partial charge in [0.05, 0.1) is 10.7 Å². The highest BCUT2D eigenvalue weighted by atomic mass is 32.1. The first-order valence-electron chi connectivity index (χ1n) is 6.36. The highest BCUT2D eigenvalue weighted by Crippen LogP contribution is 2.24. The Morgan fingerprint density at radius 1 is 1.32 bits per heavy atom. The first kappa shape index (κ1) is 13.7. The van der Waals surface area contributed by atoms with Crippen molar-refractivity contribution >= 4 is 22.9 Å². The fourth-order valence-corrected chi connectivity index (χ4v) is 2.93. The molecule has 0 aliphatic carbocycles. The van der Waals surface area contributed by atoms with Crippen molar-refractivity contribution < 1.29 is 4.79 Å². The van der Waals surface area contributed by atoms with Gasteiger partial charge in [-0.3, -0.25) is 4.79 Å². The summed E-state index contributed by atoms with van der Waals surface area (Å²) in [5.74, 6) is -0.0629. The standard InChI is InChI=1S/C15H18N2OS/c1-5-12-8-6-7-9(2)13(12)17-15(18)14-10(3)16-11(4)19-14/h6-8H,5H2,1-4H3,(H,17,18). The molecular formula is C15H18N2OS. The van der Waals surface area contributed by atoms with Crippen molar-refractivity contribution in [3.05, 3.63) is 44.9 Å². The number of anilines is 1. The van der Waals surface area contributed by atoms with E-state index in [1.807, 2.05) is 39.0 Å². The Labute approximate surface area is 117 Å². The molecule has 100 valence electrons. The lowest BCUT2D eigenvalue weighted by molar-refractivity contribution is 0.102. The van der Waals surface area contributed by atoms with Crippen LogP contribution < -0.4 is 5.32 Å². The van der Waals surface area contributed by atoms with E-state index in [2.05, 4.69) is 17.2 Å². The Balaban J connectivity index is 2.31. The number of hydrogen-bond acceptors (Lipinski definition) is 3. The lowest BCUT2D eigenvalue weighted by atomic mass is 10.1. The van der Waals surface area contributed by atoms with Crippen molar-refractivity contribution in [1.82, 2.24) is 4.98 Å². The van der Waals surface area contributed by atoms with Crippen molar-refractivity contribution in [2.75, 3.05) is 5.32 Å². The van der Waals surface area contributed by atoms with Crippen LogP contribution >= 0.6 is 11.3 Å². The third-order valence-electron chi connectivity index (χ3n) is 3.09. The van der Waals surface area contributed by atoms with Crippen LogP contribution in [0.5, 0.6) is 0 Å². The van der Waals surface area contributed by atoms with Gasteiger partial charge in [0.15, 0.2) is 0 Å². The van der Waals surface area contributed by atoms with Gasteiger partial charge in [-0.25, -0.2) is 4.98 Å². The number of carbonyl (C=O) groups excluding carboxylic acids is 1. The second-order valence-electron chi connectivity index (χ2n) is 4.56. The summed E-state index contributed by atoms with van der Waals surface area (Å²) in [6.07, 6.45) is 0.901. The number of aromatic nitrogens is 1. The minimum Gasteiger partial charge on any atom is -0.321 e. The summed E-state index contributed by atoms with van der Waals surface area (Å²) in [7, 11) is 0. The van der Waals surface area contributed by atoms with E-state index in [0.717, 1.165) is 33.9 Å². The maximum atomic E-state index is 12.3. The van der Waals surface area contributed by atoms with Crippen molar-refractivity contribution in [2.45, 2.75) is 34.1 Å². The molecule has 0 aliphatic heterocycles. The molecule has 0 unspecified atom stereocenters. The minimum absolute atomic E-state index is 0.0629. The van der Waals surface area contributed by atoms with Crippen molar-refractivity contribution in [3.8, 4) is 0 Å². The molecule has 1 N–H and O–H groups in total. The highest BCUT2D eigenvalue weighted by molar-refractivity contribution is 7.13. The normalized spacial score (nSPS) is 10.5. The number of nitrogens with one attached hydrogen (secondary N) is 1. The summed E-state index contributed by atoms with van der Waals surface area (Å²) in [5.41, 5.74) is 3.98. The van der Waals surface area contributed by atoms with Crippen LogP contribution in [0.3, 0.4) is 0 Å². The van der Waals surface area contributed by atoms with Crippen LogP contribution in [0.25, 0.3) is 0 Å². The Kier molecular flexibility index (Phi) is 4.00. The summed E-state index contributed by atoms with van der Waals surface area (Å²) < 4.78 is 0. The van der Waals surface area contributed by atoms with Gasteiger partial charge in [-0.2, -0.15) is 0 Å². The van der Waals surface area contributed by atoms with E-state index in [4.69, 9.17) is 0 Å². The first-order chi connectivity index (χ1) is 9.02. The smallest absolute Gasteiger partial charge is 0.267 e. The van der Waals surface area contributed by atoms with E-state index in [9.17, 15) is 4.79 Å². The number of nitrogens with zero attached hydrogens (tertiary/aromatic N) is 1. The van der Waals surface area contributed by atoms with Gasteiger partial charge < -0.3 is 5.32 Å². The predicted octanol–water partition coefficient (Wildman–Crippen LogP) is 3.88. The zero-order chi connectivity index (χ0) is 14.0. The molecule has 3 nitrogen and oxygen atoms in total. The van der Waals surface area contributed by atoms with E-state index >= 15 is 0 Å². The third kappa shape index (κ3) is 2.84. The molecule has 0 fully saturated rings. The number of rotatable bonds is 3. The average Bonchev–Trinajstić information content (AvgIpc) is 2.71. The zero-order valence-corrected chi connectivity index (χ0v) is 12.5. The van der Waals surface area contributed by atoms with Crippen molar-refractivity contribution in [2.24, 2.45) is 0 Å². The second-order valence-corrected chi connectivity index (χ2v) is 5.77. The van der Waals surface area contributed by atoms with Gasteiger partial charge in [-0.1, -0.05) is 25.1 Å². The summed E-state index contributed by atoms with van der Waals surface area (Å²) in [5, 5.41) is 3.95. The molecule has 0 atom stereocenters. The fourth-order valence-electron chi connectivity index (χ4n) is 2.11. The van der Waals surface area contributed by atoms with Gasteiger partial charge in [0.25, 0.3) is 5.91 Å². The number of para-hydroxylation sites is 1. The van der Waals surface area contributed by atoms with Crippen LogP contribution in [0.2, 0.25) is 0 Å². The summed E-state index contributed by atoms with van der Waals surface area (Å²) in [4.78, 5) is 17.3. The topological polar surface area (TPSA) is 42.0 Å². The average molecular weight is 274 g/mol. The number of carbonyl (C=O) groups is 1. The maximum absolute atomic E-state index is 12.3. The van der Waals surface area contributed by atoms with Gasteiger partial charge in [0, 0.05) is 5.69 Å². The van der Waals surface area contributed by atoms with Crippen LogP contribution in [0.15, 0.2) is 18.2 Å². The molecule has 2 aromatic rings. The Hall–Kier alpha value is -1.68. The quantitative estimate of drug-likeness (QED) is 0.922. The van der Waals surface area contributed by atoms with Crippen LogP contribution in [0.4, 0.5) is 5.69 Å². The molecule has 1 aromatic heterocycles. The SMILES string of the molecule is CCc1cccc(C)c1NC(=O)c1sc(C)nc1C. The third-order valence-corrected chi connectivity index (χ3v) is 4.16. The first-order valence-corrected chi connectivity index (χ1v) is 7.18. The van der Waals surface area contributed by atoms with E-state index < -0.39 is 0 Å². The van der Waals surface area contributed by atoms with E-state index in [1.165, 1.54) is 11.3 Å². The zero-order valence-electron chi connectivity index (χ0n) is 11.7. The van der Waals surface area contributed by atoms with E-state index in [0.29, 0.717) is 4.88 Å². The van der Waals surface area contributed by atoms with Crippen molar-refractivity contribution in [1.29, 1.82) is 0 Å². The van der Waals surface area contributed by atoms with Crippen LogP contribution in [0.1, 0.15) is 38.4 Å².